The number of hydrogen-bond acceptors (Lipinski definition) is 22. The van der Waals surface area contributed by atoms with E-state index in [-0.39, 0.29) is 111 Å². The molecule has 30 nitrogen and oxygen atoms in total. The number of rotatable bonds is 40. The van der Waals surface area contributed by atoms with E-state index < -0.39 is 134 Å². The van der Waals surface area contributed by atoms with Gasteiger partial charge in [-0.15, -0.1) is 0 Å². The number of benzene rings is 7. The second-order valence-corrected chi connectivity index (χ2v) is 29.3. The van der Waals surface area contributed by atoms with Gasteiger partial charge in [-0.25, -0.2) is 0 Å². The summed E-state index contributed by atoms with van der Waals surface area (Å²) in [5.74, 6) is -6.73. The Labute approximate surface area is 664 Å². The fourth-order valence-corrected chi connectivity index (χ4v) is 14.1. The van der Waals surface area contributed by atoms with Gasteiger partial charge in [0.05, 0.1) is 37.9 Å². The minimum absolute atomic E-state index is 0.00108. The molecule has 0 bridgehead atoms. The molecule has 7 aromatic carbocycles. The monoisotopic (exact) mass is 1580 g/mol. The van der Waals surface area contributed by atoms with Gasteiger partial charge in [-0.2, -0.15) is 0 Å². The van der Waals surface area contributed by atoms with Crippen molar-refractivity contribution in [3.63, 3.8) is 0 Å². The number of fused-ring (bicyclic) bond motifs is 1. The average molecular weight is 1580 g/mol. The summed E-state index contributed by atoms with van der Waals surface area (Å²) >= 11 is 0. The minimum Gasteiger partial charge on any atom is -0.508 e. The van der Waals surface area contributed by atoms with Gasteiger partial charge in [0.15, 0.2) is 0 Å². The second-order valence-electron chi connectivity index (χ2n) is 29.3. The third kappa shape index (κ3) is 27.1. The number of H-pyrrole nitrogens is 1. The Hall–Kier alpha value is -12.1. The van der Waals surface area contributed by atoms with Crippen LogP contribution in [0.1, 0.15) is 84.4 Å². The van der Waals surface area contributed by atoms with Crippen molar-refractivity contribution >= 4 is 71.1 Å². The van der Waals surface area contributed by atoms with Crippen LogP contribution in [0, 0.1) is 5.92 Å². The predicted octanol–water partition coefficient (Wildman–Crippen LogP) is 2.34. The molecular weight excluding hydrogens is 1480 g/mol. The number of aliphatic hydroxyl groups excluding tert-OH is 3. The first-order valence-corrected chi connectivity index (χ1v) is 38.2. The van der Waals surface area contributed by atoms with E-state index in [1.807, 2.05) is 37.4 Å². The molecule has 20 N–H and O–H groups in total. The number of aldehydes is 3. The zero-order valence-corrected chi connectivity index (χ0v) is 63.5. The standard InChI is InChI=1S/C85H101N11O19/c1-50-6-19-59(87-62(45-98)41-57-43-86-71-5-3-2-4-70(57)71)42-60(89-77(48-101)85(115)96-78(49-102)84(114)91-63(46-99)47-100)21-20-58(34-50)88-72(36-52-9-24-65(104)25-10-52)80(110)93-74(38-54-13-28-67(106)29-14-54)82(112)95-76(40-56-17-32-69(108)33-18-56)83(113)94-75(39-55-15-30-68(107)31-16-55)81(111)92-73(37-53-11-26-66(105)27-12-53)79(109)90-61(44-97)35-51-7-22-64(103)23-8-51/h2-5,7-18,22-33,43-46,50,58-63,72-78,86-89,100-108H,6,19-21,34-42,47-49H2,1H3,(H,90,109)(H,91,114)(H,92,111)(H,93,110)(H,94,113)(H,95,112)(H,96,115)/t50?,58?,59?,60?,61-,62-,63?,72?,73?,74-,75-,76?,77-,78-/m0/s1. The number of aromatic hydroxyl groups is 6. The van der Waals surface area contributed by atoms with E-state index in [9.17, 15) is 74.7 Å². The van der Waals surface area contributed by atoms with E-state index >= 15 is 19.2 Å². The van der Waals surface area contributed by atoms with Crippen molar-refractivity contribution in [3.8, 4) is 34.5 Å². The van der Waals surface area contributed by atoms with E-state index in [4.69, 9.17) is 0 Å². The summed E-state index contributed by atoms with van der Waals surface area (Å²) in [6.07, 6.45) is 5.09. The molecule has 1 aromatic heterocycles. The molecule has 1 aliphatic carbocycles. The molecule has 1 heterocycles. The van der Waals surface area contributed by atoms with Crippen molar-refractivity contribution in [2.75, 3.05) is 19.8 Å². The van der Waals surface area contributed by atoms with Crippen LogP contribution in [0.15, 0.2) is 176 Å². The number of phenolic OH excluding ortho intramolecular Hbond substituents is 6. The summed E-state index contributed by atoms with van der Waals surface area (Å²) in [5, 5.41) is 122. The van der Waals surface area contributed by atoms with Crippen molar-refractivity contribution in [2.45, 2.75) is 169 Å². The van der Waals surface area contributed by atoms with Gasteiger partial charge in [-0.1, -0.05) is 97.9 Å². The molecule has 0 saturated heterocycles. The number of para-hydroxylation sites is 1. The van der Waals surface area contributed by atoms with Gasteiger partial charge in [0.2, 0.25) is 41.4 Å². The quantitative estimate of drug-likeness (QED) is 0.0245. The number of phenols is 6. The Morgan fingerprint density at radius 3 is 1.05 bits per heavy atom. The maximum atomic E-state index is 15.7. The van der Waals surface area contributed by atoms with Crippen LogP contribution in [-0.2, 0) is 92.9 Å². The molecule has 0 spiro atoms. The summed E-state index contributed by atoms with van der Waals surface area (Å²) in [5.41, 5.74) is 4.70. The molecule has 7 amide bonds. The third-order valence-electron chi connectivity index (χ3n) is 20.3. The highest BCUT2D eigenvalue weighted by Gasteiger charge is 2.37. The Morgan fingerprint density at radius 1 is 0.339 bits per heavy atom. The molecular formula is C85H101N11O19. The lowest BCUT2D eigenvalue weighted by atomic mass is 9.86. The van der Waals surface area contributed by atoms with E-state index in [0.717, 1.165) is 22.8 Å². The summed E-state index contributed by atoms with van der Waals surface area (Å²) in [6.45, 7) is -0.431. The van der Waals surface area contributed by atoms with E-state index in [1.165, 1.54) is 121 Å². The zero-order valence-electron chi connectivity index (χ0n) is 63.5. The van der Waals surface area contributed by atoms with Crippen LogP contribution in [0.5, 0.6) is 34.5 Å². The van der Waals surface area contributed by atoms with Gasteiger partial charge in [0.25, 0.3) is 0 Å². The summed E-state index contributed by atoms with van der Waals surface area (Å²) in [7, 11) is 0. The first-order chi connectivity index (χ1) is 55.4. The minimum atomic E-state index is -1.61. The van der Waals surface area contributed by atoms with E-state index in [1.54, 1.807) is 24.3 Å². The summed E-state index contributed by atoms with van der Waals surface area (Å²) < 4.78 is 0. The fourth-order valence-electron chi connectivity index (χ4n) is 14.1. The van der Waals surface area contributed by atoms with E-state index in [0.29, 0.717) is 65.4 Å². The fraction of sp³-hybridized carbons (Fsp3) is 0.365. The van der Waals surface area contributed by atoms with Gasteiger partial charge in [-0.3, -0.25) is 33.6 Å². The number of amides is 7. The Bertz CT molecular complexity index is 4520. The number of carbonyl (C=O) groups excluding carboxylic acids is 10. The Kier molecular flexibility index (Phi) is 32.7. The number of carbonyl (C=O) groups is 10. The largest absolute Gasteiger partial charge is 0.508 e. The van der Waals surface area contributed by atoms with Gasteiger partial charge in [0, 0.05) is 60.9 Å². The zero-order chi connectivity index (χ0) is 82.5. The third-order valence-corrected chi connectivity index (χ3v) is 20.3. The number of aliphatic hydroxyl groups is 3. The highest BCUT2D eigenvalue weighted by molar-refractivity contribution is 5.97. The van der Waals surface area contributed by atoms with Gasteiger partial charge < -0.3 is 118 Å². The highest BCUT2D eigenvalue weighted by atomic mass is 16.3. The molecule has 1 fully saturated rings. The van der Waals surface area contributed by atoms with Crippen molar-refractivity contribution in [2.24, 2.45) is 5.92 Å². The summed E-state index contributed by atoms with van der Waals surface area (Å²) in [6, 6.07) is 27.9. The molecule has 1 aliphatic rings. The van der Waals surface area contributed by atoms with Crippen LogP contribution in [-0.4, -0.2) is 210 Å². The van der Waals surface area contributed by atoms with Crippen LogP contribution >= 0.6 is 0 Å². The lowest BCUT2D eigenvalue weighted by molar-refractivity contribution is -0.135. The van der Waals surface area contributed by atoms with Crippen LogP contribution < -0.4 is 53.2 Å². The molecule has 9 rings (SSSR count). The normalized spacial score (nSPS) is 17.7. The number of aromatic amines is 1. The molecule has 115 heavy (non-hydrogen) atoms. The highest BCUT2D eigenvalue weighted by Crippen LogP contribution is 2.27. The maximum Gasteiger partial charge on any atom is 0.245 e. The number of hydrogen-bond donors (Lipinski definition) is 20. The van der Waals surface area contributed by atoms with Crippen LogP contribution in [0.3, 0.4) is 0 Å². The molecule has 610 valence electrons. The summed E-state index contributed by atoms with van der Waals surface area (Å²) in [4.78, 5) is 144. The first kappa shape index (κ1) is 86.9. The molecule has 0 radical (unpaired) electrons. The van der Waals surface area contributed by atoms with Gasteiger partial charge in [0.1, 0.15) is 95.6 Å². The van der Waals surface area contributed by atoms with Gasteiger partial charge in [-0.05, 0) is 182 Å². The van der Waals surface area contributed by atoms with Crippen LogP contribution in [0.2, 0.25) is 0 Å². The Balaban J connectivity index is 1.01. The molecule has 0 aliphatic heterocycles. The van der Waals surface area contributed by atoms with Crippen molar-refractivity contribution in [3.05, 3.63) is 215 Å². The molecule has 14 atom stereocenters. The topological polar surface area (TPSA) is 489 Å². The van der Waals surface area contributed by atoms with Crippen molar-refractivity contribution in [1.29, 1.82) is 0 Å². The van der Waals surface area contributed by atoms with Crippen molar-refractivity contribution in [1.82, 2.24) is 58.2 Å². The van der Waals surface area contributed by atoms with Crippen molar-refractivity contribution < 1.29 is 93.9 Å². The average Bonchev–Trinajstić information content (AvgIpc) is 1.61. The second kappa shape index (κ2) is 43.3. The number of nitrogens with one attached hydrogen (secondary N) is 11. The molecule has 1 saturated carbocycles. The molecule has 8 aromatic rings. The van der Waals surface area contributed by atoms with E-state index in [2.05, 4.69) is 58.2 Å². The van der Waals surface area contributed by atoms with Crippen LogP contribution in [0.4, 0.5) is 0 Å². The predicted molar refractivity (Wildman–Crippen MR) is 425 cm³/mol. The van der Waals surface area contributed by atoms with Crippen LogP contribution in [0.25, 0.3) is 10.9 Å². The SMILES string of the molecule is CC1CCC(N[C@H](C=O)Cc2c[nH]c3ccccc23)CC(N[C@@H](CO)C(=O)N[C@@H](CO)C(=O)NC(C=O)CO)CCC(NC(Cc2ccc(O)cc2)C(=O)N[C@@H](Cc2ccc(O)cc2)C(=O)NC(Cc2ccc(O)cc2)C(=O)N[C@@H](Cc2ccc(O)cc2)C(=O)NC(Cc2ccc(O)cc2)C(=O)N[C@H](C=O)Cc2ccc(O)cc2)C1. The Morgan fingerprint density at radius 2 is 0.652 bits per heavy atom. The first-order valence-electron chi connectivity index (χ1n) is 38.2. The maximum absolute atomic E-state index is 15.7. The smallest absolute Gasteiger partial charge is 0.245 e. The molecule has 8 unspecified atom stereocenters. The van der Waals surface area contributed by atoms with Gasteiger partial charge >= 0.3 is 0 Å². The molecule has 30 heteroatoms. The lowest BCUT2D eigenvalue weighted by Gasteiger charge is -2.35. The lowest BCUT2D eigenvalue weighted by Crippen LogP contribution is -2.61. The number of aromatic nitrogens is 1.